The normalized spacial score (nSPS) is 21.3. The van der Waals surface area contributed by atoms with Crippen molar-refractivity contribution in [1.82, 2.24) is 15.5 Å². The molecule has 1 fully saturated rings. The van der Waals surface area contributed by atoms with Crippen LogP contribution in [-0.2, 0) is 4.74 Å². The van der Waals surface area contributed by atoms with Gasteiger partial charge < -0.3 is 30.5 Å². The Kier molecular flexibility index (Phi) is 13.6. The number of nitrogens with zero attached hydrogens (tertiary/aromatic N) is 1. The fourth-order valence-electron chi connectivity index (χ4n) is 5.66. The van der Waals surface area contributed by atoms with Crippen LogP contribution in [0.5, 0.6) is 0 Å². The van der Waals surface area contributed by atoms with Gasteiger partial charge in [0.2, 0.25) is 0 Å². The summed E-state index contributed by atoms with van der Waals surface area (Å²) in [5.74, 6) is -57.3. The number of alkyl halides is 17. The van der Waals surface area contributed by atoms with Gasteiger partial charge in [0.1, 0.15) is 0 Å². The molecule has 4 N–H and O–H groups in total. The Morgan fingerprint density at radius 3 is 1.57 bits per heavy atom. The zero-order chi connectivity index (χ0) is 40.5. The molecule has 1 saturated carbocycles. The lowest BCUT2D eigenvalue weighted by Crippen LogP contribution is -2.74. The smallest absolute Gasteiger partial charge is 0.449 e. The first-order chi connectivity index (χ1) is 22.5. The van der Waals surface area contributed by atoms with Crippen molar-refractivity contribution in [1.29, 1.82) is 0 Å². The second-order valence-electron chi connectivity index (χ2n) is 13.0. The van der Waals surface area contributed by atoms with Crippen molar-refractivity contribution in [3.05, 3.63) is 0 Å². The summed E-state index contributed by atoms with van der Waals surface area (Å²) in [5, 5.41) is 22.9. The monoisotopic (exact) mass is 791 g/mol. The highest BCUT2D eigenvalue weighted by Crippen LogP contribution is 2.64. The van der Waals surface area contributed by atoms with Gasteiger partial charge in [-0.15, -0.1) is 0 Å². The number of halogens is 17. The van der Waals surface area contributed by atoms with Gasteiger partial charge in [0, 0.05) is 25.7 Å². The van der Waals surface area contributed by atoms with Crippen LogP contribution in [0.1, 0.15) is 46.5 Å². The van der Waals surface area contributed by atoms with E-state index in [1.807, 2.05) is 0 Å². The highest BCUT2D eigenvalue weighted by molar-refractivity contribution is 5.74. The fourth-order valence-corrected chi connectivity index (χ4v) is 5.66. The number of hydrogen-bond acceptors (Lipinski definition) is 5. The topological polar surface area (TPSA) is 111 Å². The largest absolute Gasteiger partial charge is 0.460 e. The van der Waals surface area contributed by atoms with Crippen LogP contribution in [0.15, 0.2) is 0 Å². The lowest BCUT2D eigenvalue weighted by atomic mass is 9.62. The van der Waals surface area contributed by atoms with Crippen LogP contribution in [0, 0.1) is 10.8 Å². The number of aliphatic hydroxyl groups is 2. The van der Waals surface area contributed by atoms with Gasteiger partial charge in [-0.3, -0.25) is 0 Å². The summed E-state index contributed by atoms with van der Waals surface area (Å²) in [6.45, 7) is 1.71. The van der Waals surface area contributed by atoms with Crippen LogP contribution in [0.2, 0.25) is 0 Å². The Morgan fingerprint density at radius 1 is 0.706 bits per heavy atom. The molecule has 1 aliphatic carbocycles. The molecule has 0 aromatic heterocycles. The van der Waals surface area contributed by atoms with E-state index in [0.717, 1.165) is 4.90 Å². The standard InChI is InChI=1S/C26H34F17N3O5/c1-17(2)10-14(11-18(3,12-17)13-44-15(49)46(5-7-47)6-8-48)45-16(50)51-9-4-19(27,28)20(29,30)21(31,32)22(33,34)23(35,36)24(37,38)25(39,40)26(41,42)43/h14,47-48H,4-13H2,1-3H3,(H,44,49)(H,45,50). The van der Waals surface area contributed by atoms with E-state index in [1.54, 1.807) is 20.8 Å². The number of nitrogens with one attached hydrogen (secondary N) is 2. The van der Waals surface area contributed by atoms with Crippen molar-refractivity contribution < 1.29 is 99.2 Å². The number of hydrogen-bond donors (Lipinski definition) is 4. The van der Waals surface area contributed by atoms with E-state index in [9.17, 15) is 84.2 Å². The number of amides is 3. The van der Waals surface area contributed by atoms with Crippen LogP contribution in [0.4, 0.5) is 84.2 Å². The molecule has 2 atom stereocenters. The van der Waals surface area contributed by atoms with Crippen LogP contribution in [-0.4, -0.2) is 120 Å². The number of aliphatic hydroxyl groups excluding tert-OH is 2. The molecule has 0 aliphatic heterocycles. The zero-order valence-corrected chi connectivity index (χ0v) is 26.6. The summed E-state index contributed by atoms with van der Waals surface area (Å²) >= 11 is 0. The Balaban J connectivity index is 3.07. The van der Waals surface area contributed by atoms with Gasteiger partial charge in [-0.25, -0.2) is 9.59 Å². The molecule has 0 radical (unpaired) electrons. The minimum Gasteiger partial charge on any atom is -0.449 e. The maximum Gasteiger partial charge on any atom is 0.460 e. The molecular weight excluding hydrogens is 757 g/mol. The molecule has 1 rings (SSSR count). The van der Waals surface area contributed by atoms with E-state index in [2.05, 4.69) is 15.4 Å². The van der Waals surface area contributed by atoms with Crippen molar-refractivity contribution in [3.63, 3.8) is 0 Å². The van der Waals surface area contributed by atoms with Crippen LogP contribution in [0.25, 0.3) is 0 Å². The van der Waals surface area contributed by atoms with Crippen LogP contribution >= 0.6 is 0 Å². The zero-order valence-electron chi connectivity index (χ0n) is 26.6. The predicted octanol–water partition coefficient (Wildman–Crippen LogP) is 6.69. The summed E-state index contributed by atoms with van der Waals surface area (Å²) in [6, 6.07) is -1.62. The first-order valence-electron chi connectivity index (χ1n) is 14.4. The van der Waals surface area contributed by atoms with E-state index in [-0.39, 0.29) is 32.5 Å². The van der Waals surface area contributed by atoms with E-state index in [4.69, 9.17) is 10.2 Å². The average Bonchev–Trinajstić information content (AvgIpc) is 2.93. The number of carbonyl (C=O) groups is 2. The number of ether oxygens (including phenoxy) is 1. The number of alkyl carbamates (subject to hydrolysis) is 1. The lowest BCUT2D eigenvalue weighted by molar-refractivity contribution is -0.461. The molecule has 0 heterocycles. The molecule has 3 amide bonds. The molecule has 1 aliphatic rings. The maximum absolute atomic E-state index is 14.2. The summed E-state index contributed by atoms with van der Waals surface area (Å²) in [7, 11) is 0. The summed E-state index contributed by atoms with van der Waals surface area (Å²) in [5.41, 5.74) is -1.48. The molecule has 0 bridgehead atoms. The third-order valence-corrected chi connectivity index (χ3v) is 7.90. The Bertz CT molecular complexity index is 1210. The third kappa shape index (κ3) is 9.08. The van der Waals surface area contributed by atoms with Gasteiger partial charge in [0.05, 0.1) is 26.2 Å². The molecule has 51 heavy (non-hydrogen) atoms. The van der Waals surface area contributed by atoms with E-state index < -0.39 is 103 Å². The van der Waals surface area contributed by atoms with Gasteiger partial charge in [0.25, 0.3) is 0 Å². The molecule has 0 aromatic rings. The second kappa shape index (κ2) is 15.0. The average molecular weight is 792 g/mol. The Hall–Kier alpha value is -2.73. The van der Waals surface area contributed by atoms with Gasteiger partial charge in [-0.1, -0.05) is 20.8 Å². The molecule has 302 valence electrons. The number of urea groups is 1. The second-order valence-corrected chi connectivity index (χ2v) is 13.0. The highest BCUT2D eigenvalue weighted by Gasteiger charge is 2.95. The van der Waals surface area contributed by atoms with Crippen molar-refractivity contribution >= 4 is 12.1 Å². The van der Waals surface area contributed by atoms with Crippen molar-refractivity contribution in [2.45, 2.75) is 100 Å². The Morgan fingerprint density at radius 2 is 1.14 bits per heavy atom. The molecule has 8 nitrogen and oxygen atoms in total. The fraction of sp³-hybridized carbons (Fsp3) is 0.923. The molecule has 25 heteroatoms. The minimum absolute atomic E-state index is 0.00752. The first kappa shape index (κ1) is 46.3. The maximum atomic E-state index is 14.2. The quantitative estimate of drug-likeness (QED) is 0.130. The predicted molar refractivity (Wildman–Crippen MR) is 138 cm³/mol. The van der Waals surface area contributed by atoms with Gasteiger partial charge in [-0.05, 0) is 30.1 Å². The van der Waals surface area contributed by atoms with Crippen molar-refractivity contribution in [3.8, 4) is 0 Å². The van der Waals surface area contributed by atoms with Gasteiger partial charge in [-0.2, -0.15) is 74.6 Å². The van der Waals surface area contributed by atoms with Gasteiger partial charge in [0.15, 0.2) is 0 Å². The molecule has 0 saturated heterocycles. The lowest BCUT2D eigenvalue weighted by Gasteiger charge is -2.47. The minimum atomic E-state index is -8.73. The molecule has 0 aromatic carbocycles. The van der Waals surface area contributed by atoms with Crippen LogP contribution < -0.4 is 10.6 Å². The van der Waals surface area contributed by atoms with Gasteiger partial charge >= 0.3 is 59.8 Å². The first-order valence-corrected chi connectivity index (χ1v) is 14.4. The number of carbonyl (C=O) groups excluding carboxylic acids is 2. The summed E-state index contributed by atoms with van der Waals surface area (Å²) in [4.78, 5) is 25.8. The van der Waals surface area contributed by atoms with Crippen molar-refractivity contribution in [2.24, 2.45) is 10.8 Å². The molecule has 2 unspecified atom stereocenters. The Labute approximate surface area is 278 Å². The van der Waals surface area contributed by atoms with Crippen LogP contribution in [0.3, 0.4) is 0 Å². The third-order valence-electron chi connectivity index (χ3n) is 7.90. The SMILES string of the molecule is CC1(C)CC(NC(=O)OCCC(F)(F)C(F)(F)C(F)(F)C(F)(F)C(F)(F)C(F)(F)C(F)(F)C(F)(F)F)CC(C)(CNC(=O)N(CCO)CCO)C1. The summed E-state index contributed by atoms with van der Waals surface area (Å²) in [6.07, 6.45) is -12.0. The van der Waals surface area contributed by atoms with E-state index in [1.165, 1.54) is 0 Å². The highest BCUT2D eigenvalue weighted by atomic mass is 19.4. The van der Waals surface area contributed by atoms with E-state index in [0.29, 0.717) is 6.42 Å². The molecule has 0 spiro atoms. The molecular formula is C26H34F17N3O5. The number of rotatable bonds is 16. The van der Waals surface area contributed by atoms with Crippen molar-refractivity contribution in [2.75, 3.05) is 39.5 Å². The van der Waals surface area contributed by atoms with E-state index >= 15 is 0 Å². The summed E-state index contributed by atoms with van der Waals surface area (Å²) < 4.78 is 233.